The van der Waals surface area contributed by atoms with Crippen LogP contribution in [0.4, 0.5) is 0 Å². The third kappa shape index (κ3) is 5.63. The summed E-state index contributed by atoms with van der Waals surface area (Å²) in [5, 5.41) is 12.9. The highest BCUT2D eigenvalue weighted by atomic mass is 16.3. The second-order valence-electron chi connectivity index (χ2n) is 7.53. The van der Waals surface area contributed by atoms with Gasteiger partial charge in [-0.15, -0.1) is 0 Å². The van der Waals surface area contributed by atoms with E-state index in [4.69, 9.17) is 0 Å². The topological polar surface area (TPSA) is 49.3 Å². The predicted molar refractivity (Wildman–Crippen MR) is 104 cm³/mol. The molecule has 0 radical (unpaired) electrons. The van der Waals surface area contributed by atoms with Crippen LogP contribution in [0.5, 0.6) is 0 Å². The number of carbonyl (C=O) groups excluding carboxylic acids is 1. The second kappa shape index (κ2) is 8.19. The van der Waals surface area contributed by atoms with Gasteiger partial charge in [-0.1, -0.05) is 61.4 Å². The van der Waals surface area contributed by atoms with Gasteiger partial charge in [0.05, 0.1) is 5.76 Å². The van der Waals surface area contributed by atoms with Crippen molar-refractivity contribution in [3.8, 4) is 0 Å². The summed E-state index contributed by atoms with van der Waals surface area (Å²) in [6, 6.07) is 0. The van der Waals surface area contributed by atoms with Gasteiger partial charge in [0, 0.05) is 19.0 Å². The molecule has 1 aliphatic heterocycles. The summed E-state index contributed by atoms with van der Waals surface area (Å²) >= 11 is 0. The summed E-state index contributed by atoms with van der Waals surface area (Å²) in [5.74, 6) is 0.509. The molecule has 0 bridgehead atoms. The fourth-order valence-electron chi connectivity index (χ4n) is 3.19. The maximum Gasteiger partial charge on any atom is 0.244 e. The fraction of sp³-hybridized carbons (Fsp3) is 0.409. The Morgan fingerprint density at radius 3 is 2.64 bits per heavy atom. The zero-order valence-corrected chi connectivity index (χ0v) is 15.7. The van der Waals surface area contributed by atoms with Gasteiger partial charge in [0.2, 0.25) is 5.91 Å². The van der Waals surface area contributed by atoms with Crippen LogP contribution in [-0.2, 0) is 4.79 Å². The van der Waals surface area contributed by atoms with Gasteiger partial charge in [-0.05, 0) is 43.3 Å². The Hall–Kier alpha value is -2.29. The number of nitrogens with one attached hydrogen (secondary N) is 1. The first-order chi connectivity index (χ1) is 11.8. The number of amides is 1. The van der Waals surface area contributed by atoms with Crippen LogP contribution in [0.2, 0.25) is 0 Å². The van der Waals surface area contributed by atoms with Crippen molar-refractivity contribution < 1.29 is 9.90 Å². The van der Waals surface area contributed by atoms with Crippen molar-refractivity contribution in [1.82, 2.24) is 5.32 Å². The molecule has 0 unspecified atom stereocenters. The van der Waals surface area contributed by atoms with E-state index in [0.29, 0.717) is 12.3 Å². The van der Waals surface area contributed by atoms with Gasteiger partial charge in [-0.25, -0.2) is 0 Å². The van der Waals surface area contributed by atoms with Crippen molar-refractivity contribution in [3.05, 3.63) is 70.6 Å². The van der Waals surface area contributed by atoms with Crippen molar-refractivity contribution in [2.24, 2.45) is 5.41 Å². The van der Waals surface area contributed by atoms with Gasteiger partial charge in [0.15, 0.2) is 0 Å². The number of aliphatic hydroxyl groups excluding tert-OH is 1. The smallest absolute Gasteiger partial charge is 0.244 e. The molecule has 134 valence electrons. The largest absolute Gasteiger partial charge is 0.512 e. The van der Waals surface area contributed by atoms with E-state index in [1.165, 1.54) is 0 Å². The summed E-state index contributed by atoms with van der Waals surface area (Å²) in [5.41, 5.74) is 4.33. The molecule has 2 aliphatic rings. The first-order valence-electron chi connectivity index (χ1n) is 8.90. The van der Waals surface area contributed by atoms with Crippen molar-refractivity contribution >= 4 is 5.91 Å². The zero-order valence-electron chi connectivity index (χ0n) is 15.7. The van der Waals surface area contributed by atoms with Gasteiger partial charge >= 0.3 is 0 Å². The molecule has 0 atom stereocenters. The van der Waals surface area contributed by atoms with Crippen LogP contribution in [0.3, 0.4) is 0 Å². The molecule has 3 heteroatoms. The predicted octanol–water partition coefficient (Wildman–Crippen LogP) is 5.07. The maximum atomic E-state index is 11.1. The van der Waals surface area contributed by atoms with E-state index in [1.54, 1.807) is 6.08 Å². The SMILES string of the molecule is CC(/C=C/C1=C(O)CCCC1(C)C)=C\C=C\C(C)=C\C1=CC(=O)NC1. The molecule has 0 aromatic heterocycles. The highest BCUT2D eigenvalue weighted by Crippen LogP contribution is 2.40. The molecule has 1 aliphatic carbocycles. The van der Waals surface area contributed by atoms with Crippen molar-refractivity contribution in [2.75, 3.05) is 6.54 Å². The molecular formula is C22H29NO2. The number of aliphatic hydroxyl groups is 1. The highest BCUT2D eigenvalue weighted by molar-refractivity contribution is 5.91. The fourth-order valence-corrected chi connectivity index (χ4v) is 3.19. The molecule has 0 spiro atoms. The summed E-state index contributed by atoms with van der Waals surface area (Å²) in [4.78, 5) is 11.1. The summed E-state index contributed by atoms with van der Waals surface area (Å²) in [7, 11) is 0. The minimum Gasteiger partial charge on any atom is -0.512 e. The van der Waals surface area contributed by atoms with E-state index in [0.717, 1.165) is 41.6 Å². The van der Waals surface area contributed by atoms with Crippen LogP contribution < -0.4 is 5.32 Å². The molecule has 0 fully saturated rings. The number of hydrogen-bond donors (Lipinski definition) is 2. The summed E-state index contributed by atoms with van der Waals surface area (Å²) < 4.78 is 0. The Morgan fingerprint density at radius 1 is 1.24 bits per heavy atom. The van der Waals surface area contributed by atoms with Gasteiger partial charge in [0.1, 0.15) is 0 Å². The Bertz CT molecular complexity index is 712. The molecule has 0 saturated heterocycles. The van der Waals surface area contributed by atoms with Gasteiger partial charge in [-0.2, -0.15) is 0 Å². The molecule has 2 rings (SSSR count). The molecule has 1 amide bonds. The molecule has 1 heterocycles. The average Bonchev–Trinajstić information content (AvgIpc) is 2.91. The van der Waals surface area contributed by atoms with E-state index in [2.05, 4.69) is 38.2 Å². The van der Waals surface area contributed by atoms with E-state index in [-0.39, 0.29) is 11.3 Å². The lowest BCUT2D eigenvalue weighted by molar-refractivity contribution is -0.115. The number of hydrogen-bond acceptors (Lipinski definition) is 2. The van der Waals surface area contributed by atoms with Crippen LogP contribution in [0, 0.1) is 5.41 Å². The lowest BCUT2D eigenvalue weighted by atomic mass is 9.74. The first kappa shape index (κ1) is 19.0. The van der Waals surface area contributed by atoms with Crippen LogP contribution in [0.1, 0.15) is 47.0 Å². The van der Waals surface area contributed by atoms with E-state index in [9.17, 15) is 9.90 Å². The standard InChI is InChI=1S/C22H29NO2/c1-16(10-11-19-20(24)9-6-12-22(19,3)4)7-5-8-17(2)13-18-14-21(25)23-15-18/h5,7-8,10-11,13-14,24H,6,9,12,15H2,1-4H3,(H,23,25)/b8-5+,11-10+,16-7+,17-13+. The van der Waals surface area contributed by atoms with Gasteiger partial charge < -0.3 is 10.4 Å². The second-order valence-corrected chi connectivity index (χ2v) is 7.53. The van der Waals surface area contributed by atoms with Crippen molar-refractivity contribution in [2.45, 2.75) is 47.0 Å². The molecule has 3 nitrogen and oxygen atoms in total. The molecule has 0 saturated carbocycles. The monoisotopic (exact) mass is 339 g/mol. The van der Waals surface area contributed by atoms with Crippen LogP contribution in [0.15, 0.2) is 70.6 Å². The molecule has 25 heavy (non-hydrogen) atoms. The average molecular weight is 339 g/mol. The van der Waals surface area contributed by atoms with Crippen LogP contribution in [-0.4, -0.2) is 17.6 Å². The minimum absolute atomic E-state index is 0.0212. The van der Waals surface area contributed by atoms with Gasteiger partial charge in [0.25, 0.3) is 0 Å². The molecular weight excluding hydrogens is 310 g/mol. The maximum absolute atomic E-state index is 11.1. The highest BCUT2D eigenvalue weighted by Gasteiger charge is 2.28. The van der Waals surface area contributed by atoms with Crippen molar-refractivity contribution in [3.63, 3.8) is 0 Å². The molecule has 0 aromatic rings. The normalized spacial score (nSPS) is 22.1. The van der Waals surface area contributed by atoms with Gasteiger partial charge in [-0.3, -0.25) is 4.79 Å². The van der Waals surface area contributed by atoms with E-state index >= 15 is 0 Å². The Kier molecular flexibility index (Phi) is 6.24. The number of allylic oxidation sites excluding steroid dienone is 9. The lowest BCUT2D eigenvalue weighted by Gasteiger charge is -2.31. The van der Waals surface area contributed by atoms with Crippen LogP contribution >= 0.6 is 0 Å². The number of rotatable bonds is 5. The third-order valence-corrected chi connectivity index (χ3v) is 4.68. The van der Waals surface area contributed by atoms with Crippen LogP contribution in [0.25, 0.3) is 0 Å². The Labute approximate surface area is 151 Å². The lowest BCUT2D eigenvalue weighted by Crippen LogP contribution is -2.19. The Morgan fingerprint density at radius 2 is 2.00 bits per heavy atom. The van der Waals surface area contributed by atoms with E-state index < -0.39 is 0 Å². The van der Waals surface area contributed by atoms with E-state index in [1.807, 2.05) is 31.2 Å². The molecule has 2 N–H and O–H groups in total. The zero-order chi connectivity index (χ0) is 18.4. The third-order valence-electron chi connectivity index (χ3n) is 4.68. The first-order valence-corrected chi connectivity index (χ1v) is 8.90. The van der Waals surface area contributed by atoms with Crippen molar-refractivity contribution in [1.29, 1.82) is 0 Å². The number of carbonyl (C=O) groups is 1. The summed E-state index contributed by atoms with van der Waals surface area (Å²) in [6.45, 7) is 9.05. The quantitative estimate of drug-likeness (QED) is 0.687. The summed E-state index contributed by atoms with van der Waals surface area (Å²) in [6.07, 6.45) is 16.8. The molecule has 0 aromatic carbocycles. The Balaban J connectivity index is 2.00. The minimum atomic E-state index is -0.0212.